The van der Waals surface area contributed by atoms with E-state index >= 15 is 0 Å². The van der Waals surface area contributed by atoms with Crippen LogP contribution in [0.5, 0.6) is 5.75 Å². The fourth-order valence-corrected chi connectivity index (χ4v) is 3.97. The van der Waals surface area contributed by atoms with Crippen molar-refractivity contribution in [3.05, 3.63) is 41.5 Å². The molecule has 28 heavy (non-hydrogen) atoms. The van der Waals surface area contributed by atoms with Crippen molar-refractivity contribution in [3.8, 4) is 5.75 Å². The highest BCUT2D eigenvalue weighted by Crippen LogP contribution is 2.28. The van der Waals surface area contributed by atoms with E-state index in [1.807, 2.05) is 29.2 Å². The monoisotopic (exact) mass is 405 g/mol. The summed E-state index contributed by atoms with van der Waals surface area (Å²) < 4.78 is 8.05. The Bertz CT molecular complexity index is 802. The zero-order chi connectivity index (χ0) is 18.6. The summed E-state index contributed by atoms with van der Waals surface area (Å²) in [7, 11) is 0. The number of para-hydroxylation sites is 1. The smallest absolute Gasteiger partial charge is 0.260 e. The number of benzene rings is 1. The third kappa shape index (κ3) is 4.31. The standard InChI is InChI=1S/C20H27N5O2.ClH/c1-2-15-5-3-4-6-17(15)27-14-19(26)24-10-7-16(8-11-24)20-23-22-18-13-21-9-12-25(18)20;/h3-6,16,21H,2,7-14H2,1H3;1H. The van der Waals surface area contributed by atoms with Crippen LogP contribution in [0.25, 0.3) is 0 Å². The first kappa shape index (κ1) is 20.6. The Morgan fingerprint density at radius 3 is 2.79 bits per heavy atom. The zero-order valence-corrected chi connectivity index (χ0v) is 17.1. The molecular formula is C20H28ClN5O2. The van der Waals surface area contributed by atoms with Crippen molar-refractivity contribution in [1.82, 2.24) is 25.0 Å². The lowest BCUT2D eigenvalue weighted by atomic mass is 9.95. The van der Waals surface area contributed by atoms with Crippen LogP contribution >= 0.6 is 12.4 Å². The van der Waals surface area contributed by atoms with E-state index < -0.39 is 0 Å². The molecule has 0 atom stereocenters. The van der Waals surface area contributed by atoms with E-state index in [0.717, 1.165) is 74.9 Å². The van der Waals surface area contributed by atoms with Gasteiger partial charge in [-0.2, -0.15) is 0 Å². The Labute approximate surface area is 171 Å². The number of carbonyl (C=O) groups is 1. The Morgan fingerprint density at radius 1 is 1.21 bits per heavy atom. The van der Waals surface area contributed by atoms with E-state index in [1.54, 1.807) is 0 Å². The van der Waals surface area contributed by atoms with Crippen molar-refractivity contribution in [3.63, 3.8) is 0 Å². The highest BCUT2D eigenvalue weighted by Gasteiger charge is 2.28. The van der Waals surface area contributed by atoms with Gasteiger partial charge in [0.15, 0.2) is 6.61 Å². The third-order valence-electron chi connectivity index (χ3n) is 5.57. The van der Waals surface area contributed by atoms with Gasteiger partial charge in [-0.25, -0.2) is 0 Å². The van der Waals surface area contributed by atoms with Crippen LogP contribution in [-0.2, 0) is 24.3 Å². The van der Waals surface area contributed by atoms with Crippen molar-refractivity contribution in [1.29, 1.82) is 0 Å². The molecule has 4 rings (SSSR count). The van der Waals surface area contributed by atoms with Gasteiger partial charge in [0.1, 0.15) is 17.4 Å². The summed E-state index contributed by atoms with van der Waals surface area (Å²) in [5.74, 6) is 3.37. The molecule has 2 aromatic rings. The second-order valence-corrected chi connectivity index (χ2v) is 7.21. The number of nitrogens with zero attached hydrogens (tertiary/aromatic N) is 4. The number of ether oxygens (including phenoxy) is 1. The van der Waals surface area contributed by atoms with Crippen LogP contribution in [0.15, 0.2) is 24.3 Å². The molecule has 0 spiro atoms. The minimum absolute atomic E-state index is 0. The molecule has 1 fully saturated rings. The number of likely N-dealkylation sites (tertiary alicyclic amines) is 1. The number of piperidine rings is 1. The average Bonchev–Trinajstić information content (AvgIpc) is 3.16. The van der Waals surface area contributed by atoms with Gasteiger partial charge in [-0.05, 0) is 30.9 Å². The summed E-state index contributed by atoms with van der Waals surface area (Å²) in [4.78, 5) is 14.5. The molecular weight excluding hydrogens is 378 g/mol. The number of aryl methyl sites for hydroxylation is 1. The zero-order valence-electron chi connectivity index (χ0n) is 16.3. The lowest BCUT2D eigenvalue weighted by molar-refractivity contribution is -0.134. The Morgan fingerprint density at radius 2 is 2.00 bits per heavy atom. The molecule has 7 nitrogen and oxygen atoms in total. The Kier molecular flexibility index (Phi) is 6.91. The number of rotatable bonds is 5. The topological polar surface area (TPSA) is 72.3 Å². The predicted molar refractivity (Wildman–Crippen MR) is 109 cm³/mol. The summed E-state index contributed by atoms with van der Waals surface area (Å²) in [5.41, 5.74) is 1.13. The van der Waals surface area contributed by atoms with E-state index in [0.29, 0.717) is 5.92 Å². The highest BCUT2D eigenvalue weighted by atomic mass is 35.5. The Balaban J connectivity index is 0.00000225. The van der Waals surface area contributed by atoms with Crippen molar-refractivity contribution < 1.29 is 9.53 Å². The van der Waals surface area contributed by atoms with Gasteiger partial charge in [0.25, 0.3) is 5.91 Å². The maximum Gasteiger partial charge on any atom is 0.260 e. The molecule has 8 heteroatoms. The van der Waals surface area contributed by atoms with Gasteiger partial charge in [0.05, 0.1) is 6.54 Å². The van der Waals surface area contributed by atoms with Crippen molar-refractivity contribution in [2.45, 2.75) is 45.2 Å². The summed E-state index contributed by atoms with van der Waals surface area (Å²) in [6.45, 7) is 6.39. The molecule has 2 aliphatic rings. The lowest BCUT2D eigenvalue weighted by Gasteiger charge is -2.32. The van der Waals surface area contributed by atoms with Gasteiger partial charge in [0.2, 0.25) is 0 Å². The largest absolute Gasteiger partial charge is 0.483 e. The summed E-state index contributed by atoms with van der Waals surface area (Å²) in [6, 6.07) is 7.92. The van der Waals surface area contributed by atoms with Crippen LogP contribution in [-0.4, -0.2) is 51.8 Å². The van der Waals surface area contributed by atoms with Crippen LogP contribution in [0.1, 0.15) is 42.9 Å². The van der Waals surface area contributed by atoms with Crippen molar-refractivity contribution in [2.24, 2.45) is 0 Å². The van der Waals surface area contributed by atoms with Gasteiger partial charge >= 0.3 is 0 Å². The molecule has 152 valence electrons. The minimum Gasteiger partial charge on any atom is -0.483 e. The van der Waals surface area contributed by atoms with Crippen LogP contribution in [0.3, 0.4) is 0 Å². The number of fused-ring (bicyclic) bond motifs is 1. The van der Waals surface area contributed by atoms with Gasteiger partial charge in [0, 0.05) is 32.1 Å². The van der Waals surface area contributed by atoms with Crippen molar-refractivity contribution >= 4 is 18.3 Å². The SMILES string of the molecule is CCc1ccccc1OCC(=O)N1CCC(c2nnc3n2CCNC3)CC1.Cl. The van der Waals surface area contributed by atoms with Crippen molar-refractivity contribution in [2.75, 3.05) is 26.2 Å². The molecule has 0 bridgehead atoms. The number of carbonyl (C=O) groups excluding carboxylic acids is 1. The molecule has 0 unspecified atom stereocenters. The maximum absolute atomic E-state index is 12.6. The predicted octanol–water partition coefficient (Wildman–Crippen LogP) is 2.15. The second-order valence-electron chi connectivity index (χ2n) is 7.21. The first-order valence-electron chi connectivity index (χ1n) is 9.87. The summed E-state index contributed by atoms with van der Waals surface area (Å²) >= 11 is 0. The number of nitrogens with one attached hydrogen (secondary N) is 1. The van der Waals surface area contributed by atoms with E-state index in [9.17, 15) is 4.79 Å². The van der Waals surface area contributed by atoms with Crippen LogP contribution in [0.4, 0.5) is 0 Å². The van der Waals surface area contributed by atoms with E-state index in [-0.39, 0.29) is 24.9 Å². The van der Waals surface area contributed by atoms with Crippen LogP contribution in [0, 0.1) is 0 Å². The van der Waals surface area contributed by atoms with Gasteiger partial charge in [-0.3, -0.25) is 4.79 Å². The Hall–Kier alpha value is -2.12. The molecule has 3 heterocycles. The molecule has 0 aliphatic carbocycles. The molecule has 1 aromatic carbocycles. The molecule has 1 saturated heterocycles. The summed E-state index contributed by atoms with van der Waals surface area (Å²) in [6.07, 6.45) is 2.76. The second kappa shape index (κ2) is 9.39. The maximum atomic E-state index is 12.6. The average molecular weight is 406 g/mol. The van der Waals surface area contributed by atoms with E-state index in [1.165, 1.54) is 0 Å². The number of hydrogen-bond acceptors (Lipinski definition) is 5. The minimum atomic E-state index is 0. The first-order chi connectivity index (χ1) is 13.3. The van der Waals surface area contributed by atoms with Gasteiger partial charge < -0.3 is 19.5 Å². The molecule has 0 saturated carbocycles. The number of amides is 1. The molecule has 1 aromatic heterocycles. The number of hydrogen-bond donors (Lipinski definition) is 1. The molecule has 1 amide bonds. The lowest BCUT2D eigenvalue weighted by Crippen LogP contribution is -2.41. The van der Waals surface area contributed by atoms with E-state index in [4.69, 9.17) is 4.74 Å². The van der Waals surface area contributed by atoms with E-state index in [2.05, 4.69) is 27.0 Å². The quantitative estimate of drug-likeness (QED) is 0.825. The molecule has 0 radical (unpaired) electrons. The fraction of sp³-hybridized carbons (Fsp3) is 0.550. The highest BCUT2D eigenvalue weighted by molar-refractivity contribution is 5.85. The third-order valence-corrected chi connectivity index (χ3v) is 5.57. The number of aromatic nitrogens is 3. The fourth-order valence-electron chi connectivity index (χ4n) is 3.97. The number of halogens is 1. The van der Waals surface area contributed by atoms with Crippen LogP contribution in [0.2, 0.25) is 0 Å². The van der Waals surface area contributed by atoms with Gasteiger partial charge in [-0.15, -0.1) is 22.6 Å². The van der Waals surface area contributed by atoms with Gasteiger partial charge in [-0.1, -0.05) is 25.1 Å². The summed E-state index contributed by atoms with van der Waals surface area (Å²) in [5, 5.41) is 12.1. The first-order valence-corrected chi connectivity index (χ1v) is 9.87. The molecule has 1 N–H and O–H groups in total. The van der Waals surface area contributed by atoms with Crippen LogP contribution < -0.4 is 10.1 Å². The normalized spacial score (nSPS) is 17.0. The molecule has 2 aliphatic heterocycles.